The Morgan fingerprint density at radius 3 is 2.79 bits per heavy atom. The van der Waals surface area contributed by atoms with Gasteiger partial charge in [-0.15, -0.1) is 0 Å². The fourth-order valence-electron chi connectivity index (χ4n) is 2.92. The van der Waals surface area contributed by atoms with Gasteiger partial charge in [0.15, 0.2) is 0 Å². The van der Waals surface area contributed by atoms with Crippen molar-refractivity contribution in [3.05, 3.63) is 24.3 Å². The van der Waals surface area contributed by atoms with Crippen molar-refractivity contribution >= 4 is 5.69 Å². The Kier molecular flexibility index (Phi) is 3.99. The first-order valence-corrected chi connectivity index (χ1v) is 6.97. The molecule has 102 valence electrons. The molecular formula is C16H22N2O. The molecule has 1 aromatic rings. The Bertz CT molecular complexity index is 476. The molecule has 1 aliphatic heterocycles. The third-order valence-corrected chi connectivity index (χ3v) is 3.82. The van der Waals surface area contributed by atoms with Crippen LogP contribution in [0.2, 0.25) is 0 Å². The van der Waals surface area contributed by atoms with E-state index in [2.05, 4.69) is 30.9 Å². The van der Waals surface area contributed by atoms with Gasteiger partial charge < -0.3 is 9.64 Å². The van der Waals surface area contributed by atoms with E-state index in [1.165, 1.54) is 0 Å². The second kappa shape index (κ2) is 5.52. The fourth-order valence-corrected chi connectivity index (χ4v) is 2.92. The molecule has 1 unspecified atom stereocenters. The van der Waals surface area contributed by atoms with Crippen molar-refractivity contribution in [3.8, 4) is 11.8 Å². The highest BCUT2D eigenvalue weighted by molar-refractivity contribution is 5.60. The fraction of sp³-hybridized carbons (Fsp3) is 0.562. The lowest BCUT2D eigenvalue weighted by molar-refractivity contribution is 0.303. The van der Waals surface area contributed by atoms with Gasteiger partial charge in [0.1, 0.15) is 5.75 Å². The molecule has 1 saturated heterocycles. The summed E-state index contributed by atoms with van der Waals surface area (Å²) in [5, 5.41) is 9.13. The summed E-state index contributed by atoms with van der Waals surface area (Å²) in [7, 11) is 0. The van der Waals surface area contributed by atoms with E-state index >= 15 is 0 Å². The maximum Gasteiger partial charge on any atom is 0.142 e. The standard InChI is InChI=1S/C16H22N2O/c1-4-19-15-8-6-5-7-14(15)18-10-9-13(12-17)11-16(18,2)3/h5-8,13H,4,9-11H2,1-3H3. The van der Waals surface area contributed by atoms with Crippen LogP contribution < -0.4 is 9.64 Å². The summed E-state index contributed by atoms with van der Waals surface area (Å²) >= 11 is 0. The first-order valence-electron chi connectivity index (χ1n) is 6.97. The predicted octanol–water partition coefficient (Wildman–Crippen LogP) is 3.60. The normalized spacial score (nSPS) is 21.8. The second-order valence-corrected chi connectivity index (χ2v) is 5.68. The molecule has 1 aromatic carbocycles. The van der Waals surface area contributed by atoms with Gasteiger partial charge in [-0.25, -0.2) is 0 Å². The molecule has 1 atom stereocenters. The largest absolute Gasteiger partial charge is 0.492 e. The minimum Gasteiger partial charge on any atom is -0.492 e. The van der Waals surface area contributed by atoms with Crippen molar-refractivity contribution in [3.63, 3.8) is 0 Å². The van der Waals surface area contributed by atoms with Crippen LogP contribution >= 0.6 is 0 Å². The van der Waals surface area contributed by atoms with Crippen LogP contribution in [0, 0.1) is 17.2 Å². The van der Waals surface area contributed by atoms with E-state index in [0.717, 1.165) is 30.8 Å². The quantitative estimate of drug-likeness (QED) is 0.831. The number of ether oxygens (including phenoxy) is 1. The molecule has 0 radical (unpaired) electrons. The van der Waals surface area contributed by atoms with Crippen molar-refractivity contribution < 1.29 is 4.74 Å². The van der Waals surface area contributed by atoms with Gasteiger partial charge in [0.2, 0.25) is 0 Å². The van der Waals surface area contributed by atoms with Gasteiger partial charge in [-0.1, -0.05) is 12.1 Å². The maximum atomic E-state index is 9.13. The maximum absolute atomic E-state index is 9.13. The summed E-state index contributed by atoms with van der Waals surface area (Å²) in [6.45, 7) is 8.00. The van der Waals surface area contributed by atoms with Gasteiger partial charge in [0, 0.05) is 12.1 Å². The SMILES string of the molecule is CCOc1ccccc1N1CCC(C#N)CC1(C)C. The Morgan fingerprint density at radius 2 is 2.16 bits per heavy atom. The number of hydrogen-bond acceptors (Lipinski definition) is 3. The third kappa shape index (κ3) is 2.84. The Balaban J connectivity index is 2.29. The van der Waals surface area contributed by atoms with Crippen molar-refractivity contribution in [1.29, 1.82) is 5.26 Å². The molecule has 0 aliphatic carbocycles. The number of nitrogens with zero attached hydrogens (tertiary/aromatic N) is 2. The lowest BCUT2D eigenvalue weighted by Gasteiger charge is -2.46. The minimum absolute atomic E-state index is 0.00808. The van der Waals surface area contributed by atoms with Crippen molar-refractivity contribution in [2.75, 3.05) is 18.1 Å². The highest BCUT2D eigenvalue weighted by atomic mass is 16.5. The third-order valence-electron chi connectivity index (χ3n) is 3.82. The molecule has 0 N–H and O–H groups in total. The Morgan fingerprint density at radius 1 is 1.42 bits per heavy atom. The number of piperidine rings is 1. The van der Waals surface area contributed by atoms with E-state index < -0.39 is 0 Å². The van der Waals surface area contributed by atoms with Crippen LogP contribution in [0.5, 0.6) is 5.75 Å². The molecule has 0 amide bonds. The smallest absolute Gasteiger partial charge is 0.142 e. The number of rotatable bonds is 3. The van der Waals surface area contributed by atoms with Gasteiger partial charge in [-0.3, -0.25) is 0 Å². The monoisotopic (exact) mass is 258 g/mol. The molecule has 1 aliphatic rings. The van der Waals surface area contributed by atoms with Crippen molar-refractivity contribution in [2.45, 2.75) is 39.2 Å². The average Bonchev–Trinajstić information content (AvgIpc) is 2.39. The number of benzene rings is 1. The molecule has 0 saturated carbocycles. The zero-order valence-corrected chi connectivity index (χ0v) is 12.0. The molecule has 1 heterocycles. The summed E-state index contributed by atoms with van der Waals surface area (Å²) < 4.78 is 5.73. The van der Waals surface area contributed by atoms with Crippen molar-refractivity contribution in [2.24, 2.45) is 5.92 Å². The summed E-state index contributed by atoms with van der Waals surface area (Å²) in [5.74, 6) is 1.11. The van der Waals surface area contributed by atoms with E-state index in [-0.39, 0.29) is 11.5 Å². The van der Waals surface area contributed by atoms with Crippen LogP contribution in [0.1, 0.15) is 33.6 Å². The second-order valence-electron chi connectivity index (χ2n) is 5.68. The highest BCUT2D eigenvalue weighted by Gasteiger charge is 2.35. The summed E-state index contributed by atoms with van der Waals surface area (Å²) in [4.78, 5) is 2.38. The molecule has 0 bridgehead atoms. The van der Waals surface area contributed by atoms with Crippen molar-refractivity contribution in [1.82, 2.24) is 0 Å². The Labute approximate surface area is 115 Å². The zero-order valence-electron chi connectivity index (χ0n) is 12.0. The molecule has 3 nitrogen and oxygen atoms in total. The first kappa shape index (κ1) is 13.7. The number of nitriles is 1. The average molecular weight is 258 g/mol. The molecule has 0 aromatic heterocycles. The van der Waals surface area contributed by atoms with Crippen LogP contribution in [0.15, 0.2) is 24.3 Å². The lowest BCUT2D eigenvalue weighted by Crippen LogP contribution is -2.50. The van der Waals surface area contributed by atoms with Crippen LogP contribution in [-0.4, -0.2) is 18.7 Å². The zero-order chi connectivity index (χ0) is 13.9. The van der Waals surface area contributed by atoms with E-state index in [4.69, 9.17) is 10.00 Å². The summed E-state index contributed by atoms with van der Waals surface area (Å²) in [5.41, 5.74) is 1.14. The number of para-hydroxylation sites is 2. The predicted molar refractivity (Wildman–Crippen MR) is 77.4 cm³/mol. The van der Waals surface area contributed by atoms with E-state index in [1.54, 1.807) is 0 Å². The Hall–Kier alpha value is -1.69. The van der Waals surface area contributed by atoms with Gasteiger partial charge >= 0.3 is 0 Å². The van der Waals surface area contributed by atoms with Crippen LogP contribution in [0.25, 0.3) is 0 Å². The molecule has 0 spiro atoms. The van der Waals surface area contributed by atoms with Crippen LogP contribution in [-0.2, 0) is 0 Å². The van der Waals surface area contributed by atoms with E-state index in [0.29, 0.717) is 6.61 Å². The summed E-state index contributed by atoms with van der Waals surface area (Å²) in [6, 6.07) is 10.6. The number of anilines is 1. The van der Waals surface area contributed by atoms with Gasteiger partial charge in [-0.2, -0.15) is 5.26 Å². The minimum atomic E-state index is -0.00808. The molecule has 19 heavy (non-hydrogen) atoms. The van der Waals surface area contributed by atoms with Gasteiger partial charge in [-0.05, 0) is 45.7 Å². The molecule has 1 fully saturated rings. The highest BCUT2D eigenvalue weighted by Crippen LogP contribution is 2.39. The van der Waals surface area contributed by atoms with E-state index in [1.807, 2.05) is 25.1 Å². The van der Waals surface area contributed by atoms with Crippen LogP contribution in [0.3, 0.4) is 0 Å². The topological polar surface area (TPSA) is 36.3 Å². The molecule has 3 heteroatoms. The first-order chi connectivity index (χ1) is 9.08. The van der Waals surface area contributed by atoms with Gasteiger partial charge in [0.05, 0.1) is 24.3 Å². The van der Waals surface area contributed by atoms with Crippen LogP contribution in [0.4, 0.5) is 5.69 Å². The lowest BCUT2D eigenvalue weighted by atomic mass is 9.83. The van der Waals surface area contributed by atoms with Gasteiger partial charge in [0.25, 0.3) is 0 Å². The number of hydrogen-bond donors (Lipinski definition) is 0. The molecular weight excluding hydrogens is 236 g/mol. The molecule has 2 rings (SSSR count). The van der Waals surface area contributed by atoms with E-state index in [9.17, 15) is 0 Å². The summed E-state index contributed by atoms with van der Waals surface area (Å²) in [6.07, 6.45) is 1.84.